The van der Waals surface area contributed by atoms with E-state index in [9.17, 15) is 0 Å². The molecule has 0 saturated heterocycles. The fraction of sp³-hybridized carbons (Fsp3) is 0.529. The minimum Gasteiger partial charge on any atom is -0.105 e. The first-order valence-electron chi connectivity index (χ1n) is 20.7. The minimum absolute atomic E-state index is 0.479. The Bertz CT molecular complexity index is 1650. The summed E-state index contributed by atoms with van der Waals surface area (Å²) in [6.07, 6.45) is 0. The van der Waals surface area contributed by atoms with Crippen LogP contribution in [0.15, 0.2) is 54.6 Å². The van der Waals surface area contributed by atoms with E-state index in [1.54, 1.807) is 0 Å². The van der Waals surface area contributed by atoms with Crippen molar-refractivity contribution in [2.45, 2.75) is 178 Å². The summed E-state index contributed by atoms with van der Waals surface area (Å²) >= 11 is 1.49. The van der Waals surface area contributed by atoms with Gasteiger partial charge in [-0.3, -0.25) is 0 Å². The molecule has 0 aliphatic rings. The fourth-order valence-corrected chi connectivity index (χ4v) is 9.54. The van der Waals surface area contributed by atoms with Gasteiger partial charge in [-0.15, -0.1) is 9.24 Å². The van der Waals surface area contributed by atoms with Crippen LogP contribution in [0.5, 0.6) is 0 Å². The van der Waals surface area contributed by atoms with Gasteiger partial charge in [0.15, 0.2) is 0 Å². The van der Waals surface area contributed by atoms with E-state index in [0.29, 0.717) is 53.3 Å². The van der Waals surface area contributed by atoms with E-state index in [-0.39, 0.29) is 0 Å². The van der Waals surface area contributed by atoms with Crippen molar-refractivity contribution in [1.29, 1.82) is 0 Å². The summed E-state index contributed by atoms with van der Waals surface area (Å²) in [6.45, 7) is 41.8. The van der Waals surface area contributed by atoms with Crippen molar-refractivity contribution in [2.75, 3.05) is 0 Å². The van der Waals surface area contributed by atoms with Crippen molar-refractivity contribution >= 4 is 40.6 Å². The van der Waals surface area contributed by atoms with E-state index in [1.165, 1.54) is 104 Å². The predicted molar refractivity (Wildman–Crippen MR) is 245 cm³/mol. The zero-order valence-electron chi connectivity index (χ0n) is 37.0. The zero-order chi connectivity index (χ0) is 40.2. The molecule has 0 spiro atoms. The van der Waals surface area contributed by atoms with E-state index < -0.39 is 0 Å². The first-order chi connectivity index (χ1) is 24.6. The maximum atomic E-state index is 2.94. The van der Waals surface area contributed by atoms with Gasteiger partial charge in [0, 0.05) is 0 Å². The van der Waals surface area contributed by atoms with Crippen LogP contribution in [0.25, 0.3) is 22.3 Å². The average Bonchev–Trinajstić information content (AvgIpc) is 3.07. The molecule has 1 atom stereocenters. The average molecular weight is 837 g/mol. The molecule has 3 radical (unpaired) electrons. The summed E-state index contributed by atoms with van der Waals surface area (Å²) in [5.74, 6) is 4.79. The summed E-state index contributed by atoms with van der Waals surface area (Å²) < 4.78 is 1.50. The molecular formula is C51H74PSn. The van der Waals surface area contributed by atoms with Crippen LogP contribution in [0.3, 0.4) is 0 Å². The van der Waals surface area contributed by atoms with Crippen LogP contribution in [-0.2, 0) is 0 Å². The van der Waals surface area contributed by atoms with Gasteiger partial charge in [-0.05, 0) is 39.7 Å². The van der Waals surface area contributed by atoms with Gasteiger partial charge in [0.05, 0.1) is 0 Å². The number of rotatable bonds is 11. The zero-order valence-corrected chi connectivity index (χ0v) is 41.0. The molecule has 0 saturated carbocycles. The Kier molecular flexibility index (Phi) is 16.6. The number of benzene rings is 4. The number of hydrogen-bond donors (Lipinski definition) is 0. The van der Waals surface area contributed by atoms with Crippen molar-refractivity contribution in [2.24, 2.45) is 0 Å². The van der Waals surface area contributed by atoms with Gasteiger partial charge in [-0.2, -0.15) is 0 Å². The Hall–Kier alpha value is -1.89. The Balaban J connectivity index is 0.000000395. The quantitative estimate of drug-likeness (QED) is 0.104. The van der Waals surface area contributed by atoms with E-state index in [0.717, 1.165) is 0 Å². The normalized spacial score (nSPS) is 12.2. The second-order valence-electron chi connectivity index (χ2n) is 18.4. The van der Waals surface area contributed by atoms with Gasteiger partial charge >= 0.3 is 243 Å². The van der Waals surface area contributed by atoms with Gasteiger partial charge in [-0.1, -0.05) is 53.7 Å². The largest absolute Gasteiger partial charge is 0.105 e. The third-order valence-electron chi connectivity index (χ3n) is 11.0. The predicted octanol–water partition coefficient (Wildman–Crippen LogP) is 15.1. The monoisotopic (exact) mass is 837 g/mol. The summed E-state index contributed by atoms with van der Waals surface area (Å²) in [7, 11) is 2.94. The maximum Gasteiger partial charge on any atom is -0.0212 e. The molecule has 1 unspecified atom stereocenters. The van der Waals surface area contributed by atoms with Crippen molar-refractivity contribution in [1.82, 2.24) is 0 Å². The maximum absolute atomic E-state index is 2.94. The molecule has 287 valence electrons. The van der Waals surface area contributed by atoms with Gasteiger partial charge in [0.25, 0.3) is 0 Å². The van der Waals surface area contributed by atoms with E-state index >= 15 is 0 Å². The molecule has 0 aromatic heterocycles. The minimum atomic E-state index is 0.479. The summed E-state index contributed by atoms with van der Waals surface area (Å²) in [5.41, 5.74) is 19.2. The molecular weight excluding hydrogens is 762 g/mol. The van der Waals surface area contributed by atoms with E-state index in [2.05, 4.69) is 188 Å². The van der Waals surface area contributed by atoms with Crippen LogP contribution in [-0.4, -0.2) is 22.5 Å². The molecule has 2 heteroatoms. The van der Waals surface area contributed by atoms with Crippen LogP contribution in [0.2, 0.25) is 0 Å². The third kappa shape index (κ3) is 10.7. The Labute approximate surface area is 343 Å². The molecule has 4 rings (SSSR count). The smallest absolute Gasteiger partial charge is 0.0212 e. The van der Waals surface area contributed by atoms with Crippen LogP contribution in [0.4, 0.5) is 0 Å². The van der Waals surface area contributed by atoms with Crippen molar-refractivity contribution in [3.63, 3.8) is 0 Å². The summed E-state index contributed by atoms with van der Waals surface area (Å²) in [4.78, 5) is 0. The summed E-state index contributed by atoms with van der Waals surface area (Å²) in [5, 5.41) is 1.41. The van der Waals surface area contributed by atoms with Crippen LogP contribution < -0.4 is 8.88 Å². The first-order valence-corrected chi connectivity index (χ1v) is 22.7. The Morgan fingerprint density at radius 1 is 0.358 bits per heavy atom. The second kappa shape index (κ2) is 19.3. The van der Waals surface area contributed by atoms with Gasteiger partial charge < -0.3 is 0 Å². The van der Waals surface area contributed by atoms with Gasteiger partial charge in [0.2, 0.25) is 0 Å². The SMILES string of the molecule is CC(C)c1cc(C(C)C)c(-c2cccc(-c3c(C(C)C)cc(C(C)C)cc3C(C)C)[c]2[Sn])c(C(C)C)c1.CC(C)c1cc(C(C)C)c(P)c(C(C)C)c1. The third-order valence-corrected chi connectivity index (χ3v) is 13.2. The molecule has 0 heterocycles. The first kappa shape index (κ1) is 45.5. The van der Waals surface area contributed by atoms with Crippen molar-refractivity contribution in [3.8, 4) is 22.3 Å². The fourth-order valence-electron chi connectivity index (χ4n) is 7.51. The van der Waals surface area contributed by atoms with Gasteiger partial charge in [0.1, 0.15) is 0 Å². The molecule has 0 amide bonds. The van der Waals surface area contributed by atoms with E-state index in [4.69, 9.17) is 0 Å². The van der Waals surface area contributed by atoms with Crippen LogP contribution >= 0.6 is 9.24 Å². The van der Waals surface area contributed by atoms with Crippen molar-refractivity contribution < 1.29 is 0 Å². The van der Waals surface area contributed by atoms with Crippen LogP contribution in [0, 0.1) is 0 Å². The molecule has 0 nitrogen and oxygen atoms in total. The Morgan fingerprint density at radius 2 is 0.585 bits per heavy atom. The molecule has 0 bridgehead atoms. The molecule has 4 aromatic rings. The molecule has 53 heavy (non-hydrogen) atoms. The topological polar surface area (TPSA) is 0 Å². The Morgan fingerprint density at radius 3 is 0.792 bits per heavy atom. The molecule has 0 aliphatic heterocycles. The molecule has 0 fully saturated rings. The standard InChI is InChI=1S/C36H49.C15H25P.Sn/c1-21(2)29-17-31(23(5)6)35(32(18-29)24(7)8)27-14-13-15-28(16-27)36-33(25(9)10)19-30(22(3)4)20-34(36)26(11)12;1-9(2)12-7-13(10(3)4)15(16)14(8-12)11(5)6;/h13-15,17-26H,1-12H3;7-11H,16H2,1-6H3;. The summed E-state index contributed by atoms with van der Waals surface area (Å²) in [6, 6.07) is 21.8. The second-order valence-corrected chi connectivity index (χ2v) is 20.4. The van der Waals surface area contributed by atoms with Crippen molar-refractivity contribution in [3.05, 3.63) is 105 Å². The number of hydrogen-bond acceptors (Lipinski definition) is 0. The van der Waals surface area contributed by atoms with Gasteiger partial charge in [-0.25, -0.2) is 0 Å². The van der Waals surface area contributed by atoms with E-state index in [1.807, 2.05) is 0 Å². The molecule has 0 aliphatic carbocycles. The molecule has 0 N–H and O–H groups in total. The van der Waals surface area contributed by atoms with Crippen LogP contribution in [0.1, 0.15) is 228 Å². The molecule has 4 aromatic carbocycles.